The molecule has 1 aromatic heterocycles. The van der Waals surface area contributed by atoms with Crippen molar-refractivity contribution in [2.75, 3.05) is 13.6 Å². The SMILES string of the molecule is CNC(C)Cc1noc(CCNS(=O)(=O)c2cccc(Cl)c2)n1. The van der Waals surface area contributed by atoms with Crippen molar-refractivity contribution in [3.8, 4) is 0 Å². The minimum absolute atomic E-state index is 0.124. The summed E-state index contributed by atoms with van der Waals surface area (Å²) in [4.78, 5) is 4.36. The molecule has 126 valence electrons. The first-order chi connectivity index (χ1) is 10.9. The maximum atomic E-state index is 12.1. The van der Waals surface area contributed by atoms with Gasteiger partial charge in [-0.25, -0.2) is 13.1 Å². The summed E-state index contributed by atoms with van der Waals surface area (Å²) in [6, 6.07) is 6.32. The monoisotopic (exact) mass is 358 g/mol. The van der Waals surface area contributed by atoms with Crippen molar-refractivity contribution in [3.05, 3.63) is 41.0 Å². The Hall–Kier alpha value is -1.48. The average molecular weight is 359 g/mol. The molecule has 23 heavy (non-hydrogen) atoms. The van der Waals surface area contributed by atoms with E-state index in [1.165, 1.54) is 12.1 Å². The van der Waals surface area contributed by atoms with E-state index in [1.807, 2.05) is 14.0 Å². The summed E-state index contributed by atoms with van der Waals surface area (Å²) in [5, 5.41) is 7.32. The van der Waals surface area contributed by atoms with E-state index >= 15 is 0 Å². The molecule has 0 fully saturated rings. The maximum Gasteiger partial charge on any atom is 0.240 e. The number of sulfonamides is 1. The number of nitrogens with zero attached hydrogens (tertiary/aromatic N) is 2. The molecule has 9 heteroatoms. The second kappa shape index (κ2) is 7.87. The summed E-state index contributed by atoms with van der Waals surface area (Å²) in [6.45, 7) is 2.17. The highest BCUT2D eigenvalue weighted by Gasteiger charge is 2.15. The van der Waals surface area contributed by atoms with Gasteiger partial charge in [0.05, 0.1) is 4.90 Å². The number of halogens is 1. The molecule has 0 spiro atoms. The van der Waals surface area contributed by atoms with Gasteiger partial charge in [0.15, 0.2) is 5.82 Å². The second-order valence-electron chi connectivity index (χ2n) is 5.10. The largest absolute Gasteiger partial charge is 0.339 e. The molecule has 0 aliphatic heterocycles. The quantitative estimate of drug-likeness (QED) is 0.740. The van der Waals surface area contributed by atoms with Crippen LogP contribution in [0.4, 0.5) is 0 Å². The first-order valence-corrected chi connectivity index (χ1v) is 9.01. The van der Waals surface area contributed by atoms with Crippen LogP contribution in [0.1, 0.15) is 18.6 Å². The Balaban J connectivity index is 1.89. The highest BCUT2D eigenvalue weighted by molar-refractivity contribution is 7.89. The van der Waals surface area contributed by atoms with E-state index in [0.29, 0.717) is 29.6 Å². The second-order valence-corrected chi connectivity index (χ2v) is 7.31. The summed E-state index contributed by atoms with van der Waals surface area (Å²) in [6.07, 6.45) is 0.967. The molecule has 0 radical (unpaired) electrons. The van der Waals surface area contributed by atoms with Crippen LogP contribution >= 0.6 is 11.6 Å². The third kappa shape index (κ3) is 5.28. The molecule has 2 N–H and O–H groups in total. The Morgan fingerprint density at radius 3 is 2.87 bits per heavy atom. The Labute approximate surface area is 140 Å². The predicted octanol–water partition coefficient (Wildman–Crippen LogP) is 1.39. The van der Waals surface area contributed by atoms with Crippen LogP contribution in [0.25, 0.3) is 0 Å². The zero-order valence-corrected chi connectivity index (χ0v) is 14.5. The van der Waals surface area contributed by atoms with Crippen LogP contribution in [0.3, 0.4) is 0 Å². The molecule has 0 saturated heterocycles. The lowest BCUT2D eigenvalue weighted by Gasteiger charge is -2.05. The molecule has 1 heterocycles. The highest BCUT2D eigenvalue weighted by Crippen LogP contribution is 2.15. The Bertz CT molecular complexity index is 748. The number of hydrogen-bond donors (Lipinski definition) is 2. The van der Waals surface area contributed by atoms with Gasteiger partial charge in [-0.15, -0.1) is 0 Å². The molecule has 0 bridgehead atoms. The molecule has 2 aromatic rings. The van der Waals surface area contributed by atoms with Gasteiger partial charge in [-0.3, -0.25) is 0 Å². The number of hydrogen-bond acceptors (Lipinski definition) is 6. The molecule has 0 aliphatic carbocycles. The zero-order chi connectivity index (χ0) is 16.9. The summed E-state index contributed by atoms with van der Waals surface area (Å²) < 4.78 is 31.8. The minimum atomic E-state index is -3.60. The molecule has 7 nitrogen and oxygen atoms in total. The van der Waals surface area contributed by atoms with Crippen LogP contribution in [0, 0.1) is 0 Å². The van der Waals surface area contributed by atoms with E-state index in [1.54, 1.807) is 12.1 Å². The standard InChI is InChI=1S/C14H19ClN4O3S/c1-10(16-2)8-13-18-14(22-19-13)6-7-17-23(20,21)12-5-3-4-11(15)9-12/h3-5,9-10,16-17H,6-8H2,1-2H3. The molecule has 1 unspecified atom stereocenters. The lowest BCUT2D eigenvalue weighted by Crippen LogP contribution is -2.26. The van der Waals surface area contributed by atoms with Gasteiger partial charge in [0, 0.05) is 30.5 Å². The van der Waals surface area contributed by atoms with Gasteiger partial charge in [-0.1, -0.05) is 22.8 Å². The Kier molecular flexibility index (Phi) is 6.11. The van der Waals surface area contributed by atoms with Crippen LogP contribution in [0.2, 0.25) is 5.02 Å². The number of aromatic nitrogens is 2. The molecule has 0 saturated carbocycles. The van der Waals surface area contributed by atoms with Crippen LogP contribution in [-0.4, -0.2) is 38.2 Å². The van der Waals surface area contributed by atoms with Crippen molar-refractivity contribution in [3.63, 3.8) is 0 Å². The lowest BCUT2D eigenvalue weighted by molar-refractivity contribution is 0.371. The van der Waals surface area contributed by atoms with Crippen LogP contribution < -0.4 is 10.0 Å². The van der Waals surface area contributed by atoms with Crippen molar-refractivity contribution < 1.29 is 12.9 Å². The summed E-state index contributed by atoms with van der Waals surface area (Å²) >= 11 is 5.81. The predicted molar refractivity (Wildman–Crippen MR) is 86.9 cm³/mol. The van der Waals surface area contributed by atoms with Crippen LogP contribution in [-0.2, 0) is 22.9 Å². The number of nitrogens with one attached hydrogen (secondary N) is 2. The fourth-order valence-corrected chi connectivity index (χ4v) is 3.19. The summed E-state index contributed by atoms with van der Waals surface area (Å²) in [5.74, 6) is 0.997. The van der Waals surface area contributed by atoms with Crippen molar-refractivity contribution in [2.45, 2.75) is 30.7 Å². The first-order valence-electron chi connectivity index (χ1n) is 7.14. The molecule has 2 rings (SSSR count). The molecule has 0 aliphatic rings. The third-order valence-electron chi connectivity index (χ3n) is 3.23. The zero-order valence-electron chi connectivity index (χ0n) is 12.9. The van der Waals surface area contributed by atoms with Crippen molar-refractivity contribution >= 4 is 21.6 Å². The Morgan fingerprint density at radius 2 is 2.17 bits per heavy atom. The van der Waals surface area contributed by atoms with E-state index in [9.17, 15) is 8.42 Å². The van der Waals surface area contributed by atoms with E-state index in [4.69, 9.17) is 16.1 Å². The summed E-state index contributed by atoms with van der Waals surface area (Å²) in [5.41, 5.74) is 0. The summed E-state index contributed by atoms with van der Waals surface area (Å²) in [7, 11) is -1.75. The van der Waals surface area contributed by atoms with E-state index in [-0.39, 0.29) is 17.5 Å². The average Bonchev–Trinajstić information content (AvgIpc) is 2.94. The van der Waals surface area contributed by atoms with Gasteiger partial charge in [-0.2, -0.15) is 4.98 Å². The van der Waals surface area contributed by atoms with Gasteiger partial charge < -0.3 is 9.84 Å². The van der Waals surface area contributed by atoms with Gasteiger partial charge in [0.2, 0.25) is 15.9 Å². The first kappa shape index (κ1) is 17.9. The van der Waals surface area contributed by atoms with Crippen molar-refractivity contribution in [2.24, 2.45) is 0 Å². The topological polar surface area (TPSA) is 97.1 Å². The van der Waals surface area contributed by atoms with E-state index in [2.05, 4.69) is 20.2 Å². The van der Waals surface area contributed by atoms with Gasteiger partial charge in [0.25, 0.3) is 0 Å². The molecular formula is C14H19ClN4O3S. The van der Waals surface area contributed by atoms with E-state index < -0.39 is 10.0 Å². The smallest absolute Gasteiger partial charge is 0.240 e. The third-order valence-corrected chi connectivity index (χ3v) is 4.92. The lowest BCUT2D eigenvalue weighted by atomic mass is 10.2. The maximum absolute atomic E-state index is 12.1. The Morgan fingerprint density at radius 1 is 1.39 bits per heavy atom. The fourth-order valence-electron chi connectivity index (χ4n) is 1.86. The van der Waals surface area contributed by atoms with Crippen LogP contribution in [0.15, 0.2) is 33.7 Å². The highest BCUT2D eigenvalue weighted by atomic mass is 35.5. The number of rotatable bonds is 8. The van der Waals surface area contributed by atoms with Gasteiger partial charge in [-0.05, 0) is 32.2 Å². The molecule has 1 atom stereocenters. The normalized spacial score (nSPS) is 13.2. The molecule has 1 aromatic carbocycles. The van der Waals surface area contributed by atoms with Gasteiger partial charge >= 0.3 is 0 Å². The molecule has 0 amide bonds. The fraction of sp³-hybridized carbons (Fsp3) is 0.429. The van der Waals surface area contributed by atoms with Crippen molar-refractivity contribution in [1.82, 2.24) is 20.2 Å². The van der Waals surface area contributed by atoms with E-state index in [0.717, 1.165) is 0 Å². The number of likely N-dealkylation sites (N-methyl/N-ethyl adjacent to an activating group) is 1. The van der Waals surface area contributed by atoms with Gasteiger partial charge in [0.1, 0.15) is 0 Å². The minimum Gasteiger partial charge on any atom is -0.339 e. The molecular weight excluding hydrogens is 340 g/mol. The van der Waals surface area contributed by atoms with Crippen LogP contribution in [0.5, 0.6) is 0 Å². The number of benzene rings is 1. The van der Waals surface area contributed by atoms with Crippen molar-refractivity contribution in [1.29, 1.82) is 0 Å².